The molecule has 0 amide bonds. The van der Waals surface area contributed by atoms with E-state index in [0.29, 0.717) is 5.92 Å². The van der Waals surface area contributed by atoms with Crippen LogP contribution < -0.4 is 5.73 Å². The van der Waals surface area contributed by atoms with Crippen LogP contribution in [0.2, 0.25) is 0 Å². The summed E-state index contributed by atoms with van der Waals surface area (Å²) in [6.07, 6.45) is 5.70. The minimum atomic E-state index is 0.618. The maximum absolute atomic E-state index is 5.55. The van der Waals surface area contributed by atoms with Gasteiger partial charge in [0, 0.05) is 25.7 Å². The summed E-state index contributed by atoms with van der Waals surface area (Å²) in [5.74, 6) is 0.618. The third-order valence-corrected chi connectivity index (χ3v) is 3.34. The van der Waals surface area contributed by atoms with Crippen LogP contribution >= 0.6 is 0 Å². The molecule has 1 saturated heterocycles. The topological polar surface area (TPSA) is 47.1 Å². The first-order chi connectivity index (χ1) is 7.79. The highest BCUT2D eigenvalue weighted by Crippen LogP contribution is 2.25. The van der Waals surface area contributed by atoms with E-state index in [0.717, 1.165) is 26.1 Å². The minimum Gasteiger partial charge on any atom is -0.330 e. The van der Waals surface area contributed by atoms with Gasteiger partial charge in [-0.25, -0.2) is 0 Å². The number of piperidine rings is 1. The second-order valence-electron chi connectivity index (χ2n) is 4.70. The maximum Gasteiger partial charge on any atom is 0.0668 e. The van der Waals surface area contributed by atoms with E-state index in [2.05, 4.69) is 16.1 Å². The van der Waals surface area contributed by atoms with Gasteiger partial charge in [-0.15, -0.1) is 0 Å². The summed E-state index contributed by atoms with van der Waals surface area (Å²) in [5.41, 5.74) is 6.80. The smallest absolute Gasteiger partial charge is 0.0668 e. The van der Waals surface area contributed by atoms with Gasteiger partial charge in [-0.1, -0.05) is 0 Å². The van der Waals surface area contributed by atoms with Crippen molar-refractivity contribution in [2.45, 2.75) is 25.2 Å². The zero-order valence-electron chi connectivity index (χ0n) is 10.1. The zero-order valence-corrected chi connectivity index (χ0v) is 10.1. The first-order valence-electron chi connectivity index (χ1n) is 6.21. The van der Waals surface area contributed by atoms with Gasteiger partial charge in [0.1, 0.15) is 0 Å². The van der Waals surface area contributed by atoms with Crippen molar-refractivity contribution in [3.8, 4) is 0 Å². The summed E-state index contributed by atoms with van der Waals surface area (Å²) >= 11 is 0. The minimum absolute atomic E-state index is 0.618. The van der Waals surface area contributed by atoms with E-state index in [1.54, 1.807) is 0 Å². The van der Waals surface area contributed by atoms with Crippen LogP contribution in [0.25, 0.3) is 0 Å². The lowest BCUT2D eigenvalue weighted by Crippen LogP contribution is -2.35. The highest BCUT2D eigenvalue weighted by atomic mass is 15.3. The van der Waals surface area contributed by atoms with Crippen LogP contribution in [0.15, 0.2) is 12.3 Å². The Hall–Kier alpha value is -0.870. The first-order valence-corrected chi connectivity index (χ1v) is 6.21. The van der Waals surface area contributed by atoms with Crippen LogP contribution in [0.5, 0.6) is 0 Å². The van der Waals surface area contributed by atoms with Crippen LogP contribution in [0.3, 0.4) is 0 Å². The van der Waals surface area contributed by atoms with Crippen LogP contribution in [0, 0.1) is 0 Å². The molecule has 0 unspecified atom stereocenters. The fraction of sp³-hybridized carbons (Fsp3) is 0.750. The van der Waals surface area contributed by atoms with E-state index >= 15 is 0 Å². The lowest BCUT2D eigenvalue weighted by atomic mass is 9.95. The number of aryl methyl sites for hydroxylation is 1. The number of aromatic nitrogens is 2. The van der Waals surface area contributed by atoms with Gasteiger partial charge in [0.15, 0.2) is 0 Å². The fourth-order valence-electron chi connectivity index (χ4n) is 2.47. The average Bonchev–Trinajstić information content (AvgIpc) is 2.74. The zero-order chi connectivity index (χ0) is 11.4. The molecule has 0 spiro atoms. The van der Waals surface area contributed by atoms with Crippen molar-refractivity contribution < 1.29 is 0 Å². The van der Waals surface area contributed by atoms with Gasteiger partial charge in [0.05, 0.1) is 5.69 Å². The predicted octanol–water partition coefficient (Wildman–Crippen LogP) is 0.948. The Balaban J connectivity index is 1.91. The Morgan fingerprint density at radius 1 is 1.56 bits per heavy atom. The Bertz CT molecular complexity index is 321. The molecule has 0 aromatic carbocycles. The third-order valence-electron chi connectivity index (χ3n) is 3.34. The van der Waals surface area contributed by atoms with E-state index in [9.17, 15) is 0 Å². The standard InChI is InChI=1S/C12H22N4/c1-15-9-5-12(14-15)11-4-2-7-16(10-11)8-3-6-13/h5,9,11H,2-4,6-8,10,13H2,1H3/t11-/m1/s1. The molecule has 2 rings (SSSR count). The molecule has 1 aliphatic rings. The Morgan fingerprint density at radius 3 is 3.12 bits per heavy atom. The van der Waals surface area contributed by atoms with Crippen LogP contribution in [-0.2, 0) is 7.05 Å². The number of hydrogen-bond donors (Lipinski definition) is 1. The molecule has 4 heteroatoms. The number of likely N-dealkylation sites (tertiary alicyclic amines) is 1. The van der Waals surface area contributed by atoms with E-state index in [-0.39, 0.29) is 0 Å². The van der Waals surface area contributed by atoms with E-state index < -0.39 is 0 Å². The van der Waals surface area contributed by atoms with Crippen LogP contribution in [-0.4, -0.2) is 40.9 Å². The molecule has 1 aliphatic heterocycles. The summed E-state index contributed by atoms with van der Waals surface area (Å²) in [5, 5.41) is 4.51. The van der Waals surface area contributed by atoms with E-state index in [1.807, 2.05) is 17.9 Å². The Kier molecular flexibility index (Phi) is 3.96. The summed E-state index contributed by atoms with van der Waals surface area (Å²) in [6.45, 7) is 4.31. The number of nitrogens with zero attached hydrogens (tertiary/aromatic N) is 3. The third kappa shape index (κ3) is 2.83. The summed E-state index contributed by atoms with van der Waals surface area (Å²) in [7, 11) is 1.98. The highest BCUT2D eigenvalue weighted by Gasteiger charge is 2.22. The van der Waals surface area contributed by atoms with Crippen molar-refractivity contribution in [3.63, 3.8) is 0 Å². The molecular weight excluding hydrogens is 200 g/mol. The van der Waals surface area contributed by atoms with Crippen molar-refractivity contribution in [1.29, 1.82) is 0 Å². The highest BCUT2D eigenvalue weighted by molar-refractivity contribution is 5.08. The number of nitrogens with two attached hydrogens (primary N) is 1. The Labute approximate surface area is 97.4 Å². The van der Waals surface area contributed by atoms with E-state index in [1.165, 1.54) is 25.1 Å². The molecule has 16 heavy (non-hydrogen) atoms. The van der Waals surface area contributed by atoms with Crippen molar-refractivity contribution in [1.82, 2.24) is 14.7 Å². The molecular formula is C12H22N4. The van der Waals surface area contributed by atoms with E-state index in [4.69, 9.17) is 5.73 Å². The fourth-order valence-corrected chi connectivity index (χ4v) is 2.47. The maximum atomic E-state index is 5.55. The monoisotopic (exact) mass is 222 g/mol. The summed E-state index contributed by atoms with van der Waals surface area (Å²) < 4.78 is 1.90. The second-order valence-corrected chi connectivity index (χ2v) is 4.70. The van der Waals surface area contributed by atoms with Crippen molar-refractivity contribution in [2.24, 2.45) is 12.8 Å². The first kappa shape index (κ1) is 11.6. The summed E-state index contributed by atoms with van der Waals surface area (Å²) in [6, 6.07) is 2.15. The molecule has 90 valence electrons. The number of rotatable bonds is 4. The second kappa shape index (κ2) is 5.46. The van der Waals surface area contributed by atoms with Gasteiger partial charge in [0.2, 0.25) is 0 Å². The molecule has 0 aliphatic carbocycles. The molecule has 1 atom stereocenters. The molecule has 0 saturated carbocycles. The van der Waals surface area contributed by atoms with Crippen LogP contribution in [0.4, 0.5) is 0 Å². The molecule has 1 aromatic rings. The molecule has 2 heterocycles. The normalized spacial score (nSPS) is 22.5. The summed E-state index contributed by atoms with van der Waals surface area (Å²) in [4.78, 5) is 2.52. The van der Waals surface area contributed by atoms with Gasteiger partial charge in [0.25, 0.3) is 0 Å². The lowest BCUT2D eigenvalue weighted by molar-refractivity contribution is 0.205. The largest absolute Gasteiger partial charge is 0.330 e. The van der Waals surface area contributed by atoms with Crippen LogP contribution in [0.1, 0.15) is 30.9 Å². The van der Waals surface area contributed by atoms with Gasteiger partial charge >= 0.3 is 0 Å². The SMILES string of the molecule is Cn1ccc([C@@H]2CCCN(CCCN)C2)n1. The average molecular weight is 222 g/mol. The molecule has 4 nitrogen and oxygen atoms in total. The van der Waals surface area contributed by atoms with Crippen molar-refractivity contribution in [2.75, 3.05) is 26.2 Å². The quantitative estimate of drug-likeness (QED) is 0.825. The van der Waals surface area contributed by atoms with Crippen molar-refractivity contribution >= 4 is 0 Å². The van der Waals surface area contributed by atoms with Gasteiger partial charge < -0.3 is 10.6 Å². The number of hydrogen-bond acceptors (Lipinski definition) is 3. The van der Waals surface area contributed by atoms with Gasteiger partial charge in [-0.2, -0.15) is 5.10 Å². The molecule has 0 radical (unpaired) electrons. The molecule has 2 N–H and O–H groups in total. The molecule has 1 fully saturated rings. The predicted molar refractivity (Wildman–Crippen MR) is 65.3 cm³/mol. The van der Waals surface area contributed by atoms with Crippen molar-refractivity contribution in [3.05, 3.63) is 18.0 Å². The molecule has 0 bridgehead atoms. The lowest BCUT2D eigenvalue weighted by Gasteiger charge is -2.31. The Morgan fingerprint density at radius 2 is 2.44 bits per heavy atom. The van der Waals surface area contributed by atoms with Gasteiger partial charge in [-0.05, 0) is 45.0 Å². The molecule has 1 aromatic heterocycles. The van der Waals surface area contributed by atoms with Gasteiger partial charge in [-0.3, -0.25) is 4.68 Å².